The first-order chi connectivity index (χ1) is 7.08. The highest BCUT2D eigenvalue weighted by Gasteiger charge is 2.00. The van der Waals surface area contributed by atoms with Crippen molar-refractivity contribution in [1.82, 2.24) is 5.32 Å². The zero-order valence-electron chi connectivity index (χ0n) is 8.43. The van der Waals surface area contributed by atoms with Crippen LogP contribution in [0.2, 0.25) is 0 Å². The quantitative estimate of drug-likeness (QED) is 0.780. The summed E-state index contributed by atoms with van der Waals surface area (Å²) >= 11 is 0. The van der Waals surface area contributed by atoms with Crippen molar-refractivity contribution < 1.29 is 13.0 Å². The van der Waals surface area contributed by atoms with Gasteiger partial charge in [-0.1, -0.05) is 0 Å². The highest BCUT2D eigenvalue weighted by molar-refractivity contribution is 7.84. The molecule has 5 heteroatoms. The summed E-state index contributed by atoms with van der Waals surface area (Å²) in [6, 6.07) is 3.39. The van der Waals surface area contributed by atoms with Crippen LogP contribution in [0.25, 0.3) is 0 Å². The Kier molecular flexibility index (Phi) is 4.84. The number of nitrogens with one attached hydrogen (secondary N) is 1. The minimum Gasteiger partial charge on any atom is -0.312 e. The van der Waals surface area contributed by atoms with E-state index in [1.165, 1.54) is 12.1 Å². The topological polar surface area (TPSA) is 29.1 Å². The van der Waals surface area contributed by atoms with Crippen molar-refractivity contribution in [3.05, 3.63) is 35.4 Å². The molecule has 0 radical (unpaired) electrons. The molecule has 0 aliphatic heterocycles. The van der Waals surface area contributed by atoms with Crippen molar-refractivity contribution in [1.29, 1.82) is 0 Å². The van der Waals surface area contributed by atoms with Crippen molar-refractivity contribution >= 4 is 10.8 Å². The highest BCUT2D eigenvalue weighted by atomic mass is 32.2. The molecule has 0 saturated heterocycles. The maximum Gasteiger partial charge on any atom is 0.126 e. The molecule has 1 unspecified atom stereocenters. The van der Waals surface area contributed by atoms with Crippen LogP contribution in [0.15, 0.2) is 18.2 Å². The Morgan fingerprint density at radius 1 is 1.27 bits per heavy atom. The molecule has 0 amide bonds. The lowest BCUT2D eigenvalue weighted by Gasteiger charge is -2.04. The van der Waals surface area contributed by atoms with Crippen molar-refractivity contribution in [3.63, 3.8) is 0 Å². The Balaban J connectivity index is 2.40. The van der Waals surface area contributed by atoms with Gasteiger partial charge in [0.25, 0.3) is 0 Å². The summed E-state index contributed by atoms with van der Waals surface area (Å²) in [5.41, 5.74) is 0.550. The van der Waals surface area contributed by atoms with Crippen molar-refractivity contribution in [2.24, 2.45) is 0 Å². The molecular weight excluding hydrogens is 220 g/mol. The Morgan fingerprint density at radius 2 is 1.87 bits per heavy atom. The van der Waals surface area contributed by atoms with Crippen LogP contribution in [0.5, 0.6) is 0 Å². The largest absolute Gasteiger partial charge is 0.312 e. The van der Waals surface area contributed by atoms with Gasteiger partial charge in [0.1, 0.15) is 11.6 Å². The number of rotatable bonds is 5. The van der Waals surface area contributed by atoms with E-state index >= 15 is 0 Å². The molecule has 0 heterocycles. The van der Waals surface area contributed by atoms with E-state index in [-0.39, 0.29) is 0 Å². The summed E-state index contributed by atoms with van der Waals surface area (Å²) in [5, 5.41) is 2.96. The van der Waals surface area contributed by atoms with E-state index in [9.17, 15) is 13.0 Å². The fourth-order valence-electron chi connectivity index (χ4n) is 1.16. The van der Waals surface area contributed by atoms with Gasteiger partial charge >= 0.3 is 0 Å². The van der Waals surface area contributed by atoms with Crippen LogP contribution in [-0.2, 0) is 17.3 Å². The zero-order chi connectivity index (χ0) is 11.3. The van der Waals surface area contributed by atoms with Gasteiger partial charge in [0.05, 0.1) is 0 Å². The highest BCUT2D eigenvalue weighted by Crippen LogP contribution is 2.07. The predicted octanol–water partition coefficient (Wildman–Crippen LogP) is 1.43. The van der Waals surface area contributed by atoms with Crippen LogP contribution >= 0.6 is 0 Å². The average Bonchev–Trinajstić information content (AvgIpc) is 2.10. The maximum absolute atomic E-state index is 12.7. The molecule has 0 aromatic heterocycles. The molecule has 0 spiro atoms. The van der Waals surface area contributed by atoms with Crippen LogP contribution in [0.1, 0.15) is 5.56 Å². The van der Waals surface area contributed by atoms with Gasteiger partial charge in [0.2, 0.25) is 0 Å². The average molecular weight is 233 g/mol. The maximum atomic E-state index is 12.7. The van der Waals surface area contributed by atoms with Crippen molar-refractivity contribution in [3.8, 4) is 0 Å². The molecule has 84 valence electrons. The van der Waals surface area contributed by atoms with E-state index in [1.54, 1.807) is 6.26 Å². The first kappa shape index (κ1) is 12.3. The fourth-order valence-corrected chi connectivity index (χ4v) is 1.59. The van der Waals surface area contributed by atoms with Gasteiger partial charge in [-0.3, -0.25) is 4.21 Å². The summed E-state index contributed by atoms with van der Waals surface area (Å²) < 4.78 is 36.2. The minimum atomic E-state index is -0.843. The van der Waals surface area contributed by atoms with Gasteiger partial charge in [-0.25, -0.2) is 8.78 Å². The molecule has 1 N–H and O–H groups in total. The van der Waals surface area contributed by atoms with Gasteiger partial charge in [0, 0.05) is 42.0 Å². The first-order valence-corrected chi connectivity index (χ1v) is 6.26. The molecule has 0 aliphatic rings. The molecule has 1 atom stereocenters. The summed E-state index contributed by atoms with van der Waals surface area (Å²) in [6.07, 6.45) is 1.61. The third kappa shape index (κ3) is 4.99. The van der Waals surface area contributed by atoms with E-state index in [0.717, 1.165) is 6.07 Å². The third-order valence-corrected chi connectivity index (χ3v) is 2.60. The van der Waals surface area contributed by atoms with Crippen molar-refractivity contribution in [2.45, 2.75) is 6.54 Å². The molecule has 1 aromatic carbocycles. The van der Waals surface area contributed by atoms with Gasteiger partial charge < -0.3 is 5.32 Å². The second-order valence-electron chi connectivity index (χ2n) is 3.23. The standard InChI is InChI=1S/C10H13F2NOS/c1-15(14)3-2-13-7-8-4-9(11)6-10(12)5-8/h4-6,13H,2-3,7H2,1H3. The van der Waals surface area contributed by atoms with Gasteiger partial charge in [0.15, 0.2) is 0 Å². The van der Waals surface area contributed by atoms with E-state index in [0.29, 0.717) is 24.4 Å². The normalized spacial score (nSPS) is 12.7. The van der Waals surface area contributed by atoms with Crippen LogP contribution in [0, 0.1) is 11.6 Å². The van der Waals surface area contributed by atoms with Gasteiger partial charge in [-0.05, 0) is 17.7 Å². The van der Waals surface area contributed by atoms with Crippen LogP contribution < -0.4 is 5.32 Å². The lowest BCUT2D eigenvalue weighted by molar-refractivity contribution is 0.576. The molecule has 15 heavy (non-hydrogen) atoms. The van der Waals surface area contributed by atoms with Crippen LogP contribution in [-0.4, -0.2) is 22.8 Å². The summed E-state index contributed by atoms with van der Waals surface area (Å²) in [4.78, 5) is 0. The summed E-state index contributed by atoms with van der Waals surface area (Å²) in [7, 11) is -0.843. The monoisotopic (exact) mass is 233 g/mol. The SMILES string of the molecule is CS(=O)CCNCc1cc(F)cc(F)c1. The second-order valence-corrected chi connectivity index (χ2v) is 4.79. The summed E-state index contributed by atoms with van der Waals surface area (Å²) in [5.74, 6) is -0.616. The van der Waals surface area contributed by atoms with Crippen LogP contribution in [0.3, 0.4) is 0 Å². The van der Waals surface area contributed by atoms with Gasteiger partial charge in [-0.2, -0.15) is 0 Å². The van der Waals surface area contributed by atoms with E-state index < -0.39 is 22.4 Å². The van der Waals surface area contributed by atoms with Gasteiger partial charge in [-0.15, -0.1) is 0 Å². The minimum absolute atomic E-state index is 0.381. The first-order valence-electron chi connectivity index (χ1n) is 4.53. The lowest BCUT2D eigenvalue weighted by Crippen LogP contribution is -2.19. The molecular formula is C10H13F2NOS. The van der Waals surface area contributed by atoms with Crippen LogP contribution in [0.4, 0.5) is 8.78 Å². The van der Waals surface area contributed by atoms with Crippen molar-refractivity contribution in [2.75, 3.05) is 18.6 Å². The number of hydrogen-bond acceptors (Lipinski definition) is 2. The molecule has 1 aromatic rings. The zero-order valence-corrected chi connectivity index (χ0v) is 9.24. The Hall–Kier alpha value is -0.810. The van der Waals surface area contributed by atoms with E-state index in [1.807, 2.05) is 0 Å². The molecule has 0 bridgehead atoms. The molecule has 1 rings (SSSR count). The Morgan fingerprint density at radius 3 is 2.40 bits per heavy atom. The smallest absolute Gasteiger partial charge is 0.126 e. The number of halogens is 2. The molecule has 0 saturated carbocycles. The number of hydrogen-bond donors (Lipinski definition) is 1. The second kappa shape index (κ2) is 5.92. The predicted molar refractivity (Wildman–Crippen MR) is 57.0 cm³/mol. The van der Waals surface area contributed by atoms with E-state index in [4.69, 9.17) is 0 Å². The van der Waals surface area contributed by atoms with E-state index in [2.05, 4.69) is 5.32 Å². The Bertz CT molecular complexity index is 337. The Labute approximate surface area is 90.1 Å². The number of benzene rings is 1. The molecule has 0 aliphatic carbocycles. The fraction of sp³-hybridized carbons (Fsp3) is 0.400. The summed E-state index contributed by atoms with van der Waals surface area (Å²) in [6.45, 7) is 0.952. The third-order valence-electron chi connectivity index (χ3n) is 1.82. The molecule has 0 fully saturated rings. The molecule has 2 nitrogen and oxygen atoms in total. The lowest BCUT2D eigenvalue weighted by atomic mass is 10.2.